The van der Waals surface area contributed by atoms with E-state index in [1.54, 1.807) is 0 Å². The first-order chi connectivity index (χ1) is 13.5. The van der Waals surface area contributed by atoms with Crippen LogP contribution in [0.15, 0.2) is 24.3 Å². The van der Waals surface area contributed by atoms with Gasteiger partial charge in [0.05, 0.1) is 0 Å². The van der Waals surface area contributed by atoms with Crippen molar-refractivity contribution < 1.29 is 9.59 Å². The molecule has 4 nitrogen and oxygen atoms in total. The number of hydrogen-bond donors (Lipinski definition) is 1. The van der Waals surface area contributed by atoms with Crippen molar-refractivity contribution >= 4 is 11.8 Å². The highest BCUT2D eigenvalue weighted by Gasteiger charge is 2.53. The average molecular weight is 381 g/mol. The predicted molar refractivity (Wildman–Crippen MR) is 109 cm³/mol. The maximum absolute atomic E-state index is 12.9. The Morgan fingerprint density at radius 3 is 2.25 bits per heavy atom. The molecule has 4 aliphatic carbocycles. The van der Waals surface area contributed by atoms with Crippen molar-refractivity contribution in [2.24, 2.45) is 23.2 Å². The molecular formula is C24H32N2O2. The molecule has 1 unspecified atom stereocenters. The summed E-state index contributed by atoms with van der Waals surface area (Å²) in [5.41, 5.74) is 2.16. The van der Waals surface area contributed by atoms with E-state index in [1.165, 1.54) is 38.5 Å². The van der Waals surface area contributed by atoms with Gasteiger partial charge >= 0.3 is 0 Å². The summed E-state index contributed by atoms with van der Waals surface area (Å²) in [6, 6.07) is 8.07. The van der Waals surface area contributed by atoms with E-state index in [1.807, 2.05) is 29.2 Å². The van der Waals surface area contributed by atoms with Crippen LogP contribution in [0.1, 0.15) is 74.2 Å². The zero-order chi connectivity index (χ0) is 19.3. The van der Waals surface area contributed by atoms with Gasteiger partial charge in [-0.3, -0.25) is 9.59 Å². The van der Waals surface area contributed by atoms with Crippen LogP contribution < -0.4 is 5.32 Å². The van der Waals surface area contributed by atoms with Gasteiger partial charge in [0.1, 0.15) is 0 Å². The molecule has 1 aromatic carbocycles. The molecule has 150 valence electrons. The molecule has 28 heavy (non-hydrogen) atoms. The van der Waals surface area contributed by atoms with E-state index in [0.29, 0.717) is 18.4 Å². The lowest BCUT2D eigenvalue weighted by Crippen LogP contribution is -2.55. The lowest BCUT2D eigenvalue weighted by Gasteiger charge is -2.59. The zero-order valence-electron chi connectivity index (χ0n) is 17.0. The van der Waals surface area contributed by atoms with E-state index in [2.05, 4.69) is 12.2 Å². The number of benzene rings is 1. The predicted octanol–water partition coefficient (Wildman–Crippen LogP) is 4.14. The standard InChI is InChI=1S/C24H32N2O2/c1-16(24-12-18-9-19(13-24)11-20(10-18)14-24)25-23(28)21-6-4-17(5-7-21)15-26-8-2-3-22(26)27/h4-7,16,18-20H,2-3,8-15H2,1H3,(H,25,28). The van der Waals surface area contributed by atoms with Crippen LogP contribution in [0, 0.1) is 23.2 Å². The number of likely N-dealkylation sites (tertiary alicyclic amines) is 1. The number of carbonyl (C=O) groups excluding carboxylic acids is 2. The molecule has 1 atom stereocenters. The maximum Gasteiger partial charge on any atom is 0.251 e. The summed E-state index contributed by atoms with van der Waals surface area (Å²) in [7, 11) is 0. The maximum atomic E-state index is 12.9. The van der Waals surface area contributed by atoms with Gasteiger partial charge in [-0.1, -0.05) is 12.1 Å². The second-order valence-corrected chi connectivity index (χ2v) is 10.1. The number of carbonyl (C=O) groups is 2. The highest BCUT2D eigenvalue weighted by Crippen LogP contribution is 2.61. The second-order valence-electron chi connectivity index (χ2n) is 10.1. The van der Waals surface area contributed by atoms with Crippen molar-refractivity contribution in [3.8, 4) is 0 Å². The minimum Gasteiger partial charge on any atom is -0.349 e. The van der Waals surface area contributed by atoms with Gasteiger partial charge in [-0.25, -0.2) is 0 Å². The number of nitrogens with one attached hydrogen (secondary N) is 1. The van der Waals surface area contributed by atoms with E-state index < -0.39 is 0 Å². The Morgan fingerprint density at radius 2 is 1.71 bits per heavy atom. The van der Waals surface area contributed by atoms with Crippen LogP contribution in [-0.2, 0) is 11.3 Å². The molecule has 1 heterocycles. The van der Waals surface area contributed by atoms with Crippen LogP contribution in [0.25, 0.3) is 0 Å². The van der Waals surface area contributed by atoms with Gasteiger partial charge < -0.3 is 10.2 Å². The molecule has 1 N–H and O–H groups in total. The third-order valence-electron chi connectivity index (χ3n) is 8.11. The lowest BCUT2D eigenvalue weighted by molar-refractivity contribution is -0.128. The van der Waals surface area contributed by atoms with Crippen molar-refractivity contribution in [2.75, 3.05) is 6.54 Å². The summed E-state index contributed by atoms with van der Waals surface area (Å²) in [6.45, 7) is 3.74. The van der Waals surface area contributed by atoms with Crippen molar-refractivity contribution in [3.05, 3.63) is 35.4 Å². The monoisotopic (exact) mass is 380 g/mol. The first-order valence-electron chi connectivity index (χ1n) is 11.2. The Morgan fingerprint density at radius 1 is 1.11 bits per heavy atom. The van der Waals surface area contributed by atoms with Gasteiger partial charge in [0, 0.05) is 31.1 Å². The SMILES string of the molecule is CC(NC(=O)c1ccc(CN2CCCC2=O)cc1)C12CC3CC(CC(C3)C1)C2. The van der Waals surface area contributed by atoms with Crippen LogP contribution in [0.5, 0.6) is 0 Å². The highest BCUT2D eigenvalue weighted by atomic mass is 16.2. The van der Waals surface area contributed by atoms with Crippen molar-refractivity contribution in [3.63, 3.8) is 0 Å². The Balaban J connectivity index is 1.22. The van der Waals surface area contributed by atoms with Gasteiger partial charge in [-0.15, -0.1) is 0 Å². The minimum atomic E-state index is 0.0482. The van der Waals surface area contributed by atoms with E-state index >= 15 is 0 Å². The average Bonchev–Trinajstić information content (AvgIpc) is 3.06. The van der Waals surface area contributed by atoms with Gasteiger partial charge in [-0.2, -0.15) is 0 Å². The summed E-state index contributed by atoms with van der Waals surface area (Å²) in [6.07, 6.45) is 9.85. The molecule has 2 amide bonds. The molecule has 0 aromatic heterocycles. The molecule has 6 rings (SSSR count). The van der Waals surface area contributed by atoms with E-state index in [4.69, 9.17) is 0 Å². The Kier molecular flexibility index (Phi) is 4.48. The molecule has 1 aromatic rings. The van der Waals surface area contributed by atoms with E-state index in [-0.39, 0.29) is 17.9 Å². The van der Waals surface area contributed by atoms with Crippen molar-refractivity contribution in [1.29, 1.82) is 0 Å². The molecule has 5 aliphatic rings. The molecule has 1 aliphatic heterocycles. The van der Waals surface area contributed by atoms with Crippen molar-refractivity contribution in [1.82, 2.24) is 10.2 Å². The van der Waals surface area contributed by atoms with Gasteiger partial charge in [0.2, 0.25) is 5.91 Å². The fraction of sp³-hybridized carbons (Fsp3) is 0.667. The number of nitrogens with zero attached hydrogens (tertiary/aromatic N) is 1. The van der Waals surface area contributed by atoms with E-state index in [9.17, 15) is 9.59 Å². The largest absolute Gasteiger partial charge is 0.349 e. The number of rotatable bonds is 5. The fourth-order valence-corrected chi connectivity index (χ4v) is 6.99. The first-order valence-corrected chi connectivity index (χ1v) is 11.2. The number of hydrogen-bond acceptors (Lipinski definition) is 2. The highest BCUT2D eigenvalue weighted by molar-refractivity contribution is 5.94. The van der Waals surface area contributed by atoms with E-state index in [0.717, 1.165) is 41.8 Å². The Labute approximate surface area is 168 Å². The third kappa shape index (κ3) is 3.25. The second kappa shape index (κ2) is 6.89. The summed E-state index contributed by atoms with van der Waals surface area (Å²) >= 11 is 0. The van der Waals surface area contributed by atoms with Gasteiger partial charge in [0.15, 0.2) is 0 Å². The Hall–Kier alpha value is -1.84. The molecule has 4 bridgehead atoms. The van der Waals surface area contributed by atoms with Gasteiger partial charge in [0.25, 0.3) is 5.91 Å². The zero-order valence-corrected chi connectivity index (χ0v) is 17.0. The minimum absolute atomic E-state index is 0.0482. The molecule has 5 fully saturated rings. The van der Waals surface area contributed by atoms with Crippen LogP contribution in [0.2, 0.25) is 0 Å². The molecular weight excluding hydrogens is 348 g/mol. The quantitative estimate of drug-likeness (QED) is 0.834. The van der Waals surface area contributed by atoms with Crippen LogP contribution in [0.4, 0.5) is 0 Å². The topological polar surface area (TPSA) is 49.4 Å². The third-order valence-corrected chi connectivity index (χ3v) is 8.11. The summed E-state index contributed by atoms with van der Waals surface area (Å²) in [5, 5.41) is 3.35. The number of amides is 2. The summed E-state index contributed by atoms with van der Waals surface area (Å²) in [5.74, 6) is 2.99. The first kappa shape index (κ1) is 18.2. The lowest BCUT2D eigenvalue weighted by atomic mass is 9.48. The smallest absolute Gasteiger partial charge is 0.251 e. The molecule has 0 radical (unpaired) electrons. The molecule has 4 heteroatoms. The van der Waals surface area contributed by atoms with Gasteiger partial charge in [-0.05, 0) is 92.7 Å². The molecule has 0 spiro atoms. The van der Waals surface area contributed by atoms with Crippen molar-refractivity contribution in [2.45, 2.75) is 70.9 Å². The summed E-state index contributed by atoms with van der Waals surface area (Å²) < 4.78 is 0. The van der Waals surface area contributed by atoms with Crippen LogP contribution in [0.3, 0.4) is 0 Å². The summed E-state index contributed by atoms with van der Waals surface area (Å²) in [4.78, 5) is 26.6. The molecule has 1 saturated heterocycles. The fourth-order valence-electron chi connectivity index (χ4n) is 6.99. The van der Waals surface area contributed by atoms with Crippen LogP contribution in [-0.4, -0.2) is 29.3 Å². The Bertz CT molecular complexity index is 734. The van der Waals surface area contributed by atoms with Crippen LogP contribution >= 0.6 is 0 Å². The molecule has 4 saturated carbocycles. The normalized spacial score (nSPS) is 34.7.